The van der Waals surface area contributed by atoms with Gasteiger partial charge < -0.3 is 10.6 Å². The summed E-state index contributed by atoms with van der Waals surface area (Å²) in [5, 5.41) is 3.64. The third-order valence-corrected chi connectivity index (χ3v) is 7.47. The normalized spacial score (nSPS) is 19.7. The molecule has 1 saturated heterocycles. The van der Waals surface area contributed by atoms with E-state index in [2.05, 4.69) is 44.5 Å². The van der Waals surface area contributed by atoms with Crippen molar-refractivity contribution in [3.05, 3.63) is 41.0 Å². The Morgan fingerprint density at radius 3 is 2.57 bits per heavy atom. The predicted octanol–water partition coefficient (Wildman–Crippen LogP) is 5.50. The van der Waals surface area contributed by atoms with Gasteiger partial charge in [-0.05, 0) is 61.6 Å². The van der Waals surface area contributed by atoms with E-state index in [1.165, 1.54) is 49.7 Å². The van der Waals surface area contributed by atoms with Crippen molar-refractivity contribution in [3.8, 4) is 11.1 Å². The lowest BCUT2D eigenvalue weighted by atomic mass is 9.70. The minimum atomic E-state index is 0.117. The smallest absolute Gasteiger partial charge is 0.225 e. The number of hydrogen-bond donors (Lipinski definition) is 1. The van der Waals surface area contributed by atoms with Gasteiger partial charge in [0, 0.05) is 29.6 Å². The molecule has 0 unspecified atom stereocenters. The maximum Gasteiger partial charge on any atom is 0.225 e. The van der Waals surface area contributed by atoms with Crippen molar-refractivity contribution in [2.45, 2.75) is 44.1 Å². The van der Waals surface area contributed by atoms with E-state index < -0.39 is 0 Å². The molecule has 2 aromatic heterocycles. The highest BCUT2D eigenvalue weighted by Gasteiger charge is 2.36. The first-order valence-electron chi connectivity index (χ1n) is 10.2. The van der Waals surface area contributed by atoms with E-state index in [9.17, 15) is 0 Å². The third kappa shape index (κ3) is 3.40. The summed E-state index contributed by atoms with van der Waals surface area (Å²) in [5.74, 6) is 1.71. The number of halogens is 1. The number of thiophene rings is 1. The second-order valence-corrected chi connectivity index (χ2v) is 9.56. The van der Waals surface area contributed by atoms with E-state index in [0.29, 0.717) is 5.28 Å². The summed E-state index contributed by atoms with van der Waals surface area (Å²) in [4.78, 5) is 12.5. The molecule has 0 amide bonds. The fraction of sp³-hybridized carbons (Fsp3) is 0.455. The van der Waals surface area contributed by atoms with Crippen molar-refractivity contribution in [1.29, 1.82) is 0 Å². The lowest BCUT2D eigenvalue weighted by Crippen LogP contribution is -2.49. The van der Waals surface area contributed by atoms with E-state index in [-0.39, 0.29) is 5.54 Å². The molecule has 1 aromatic carbocycles. The monoisotopic (exact) mass is 412 g/mol. The quantitative estimate of drug-likeness (QED) is 0.575. The zero-order valence-electron chi connectivity index (χ0n) is 15.9. The van der Waals surface area contributed by atoms with Gasteiger partial charge in [0.1, 0.15) is 10.6 Å². The molecule has 1 aliphatic carbocycles. The molecular formula is C22H25ClN4S. The molecule has 0 spiro atoms. The Hall–Kier alpha value is -1.69. The zero-order valence-corrected chi connectivity index (χ0v) is 17.5. The number of anilines is 1. The zero-order chi connectivity index (χ0) is 19.1. The van der Waals surface area contributed by atoms with Gasteiger partial charge in [0.25, 0.3) is 0 Å². The summed E-state index contributed by atoms with van der Waals surface area (Å²) in [6.07, 6.45) is 7.22. The van der Waals surface area contributed by atoms with E-state index >= 15 is 0 Å². The molecule has 4 nitrogen and oxygen atoms in total. The first-order valence-corrected chi connectivity index (χ1v) is 11.4. The minimum Gasteiger partial charge on any atom is -0.356 e. The van der Waals surface area contributed by atoms with Gasteiger partial charge in [0.15, 0.2) is 0 Å². The van der Waals surface area contributed by atoms with Gasteiger partial charge in [-0.2, -0.15) is 4.98 Å². The van der Waals surface area contributed by atoms with Gasteiger partial charge in [0.2, 0.25) is 5.28 Å². The van der Waals surface area contributed by atoms with Crippen LogP contribution >= 0.6 is 22.9 Å². The summed E-state index contributed by atoms with van der Waals surface area (Å²) in [5.41, 5.74) is 9.01. The number of rotatable bonds is 4. The van der Waals surface area contributed by atoms with Crippen LogP contribution in [0.3, 0.4) is 0 Å². The predicted molar refractivity (Wildman–Crippen MR) is 118 cm³/mol. The van der Waals surface area contributed by atoms with Crippen LogP contribution in [-0.4, -0.2) is 28.6 Å². The van der Waals surface area contributed by atoms with Crippen molar-refractivity contribution in [2.75, 3.05) is 18.0 Å². The number of hydrogen-bond acceptors (Lipinski definition) is 5. The van der Waals surface area contributed by atoms with E-state index in [1.807, 2.05) is 6.07 Å². The second-order valence-electron chi connectivity index (χ2n) is 8.36. The first-order chi connectivity index (χ1) is 13.6. The van der Waals surface area contributed by atoms with Crippen LogP contribution in [0.2, 0.25) is 5.28 Å². The SMILES string of the molecule is NC1(CC2CCN(c3nc(Cl)nc4scc(-c5ccccc5)c34)CC2)CCC1. The average Bonchev–Trinajstić information content (AvgIpc) is 3.11. The molecule has 3 aromatic rings. The molecule has 146 valence electrons. The molecule has 2 N–H and O–H groups in total. The Balaban J connectivity index is 1.43. The van der Waals surface area contributed by atoms with Crippen molar-refractivity contribution in [2.24, 2.45) is 11.7 Å². The van der Waals surface area contributed by atoms with Gasteiger partial charge in [-0.15, -0.1) is 11.3 Å². The molecule has 1 saturated carbocycles. The molecule has 1 aliphatic heterocycles. The van der Waals surface area contributed by atoms with Gasteiger partial charge >= 0.3 is 0 Å². The third-order valence-electron chi connectivity index (χ3n) is 6.43. The molecule has 5 rings (SSSR count). The lowest BCUT2D eigenvalue weighted by molar-refractivity contribution is 0.181. The minimum absolute atomic E-state index is 0.117. The van der Waals surface area contributed by atoms with Gasteiger partial charge in [-0.25, -0.2) is 4.98 Å². The average molecular weight is 413 g/mol. The van der Waals surface area contributed by atoms with Crippen molar-refractivity contribution in [1.82, 2.24) is 9.97 Å². The van der Waals surface area contributed by atoms with Gasteiger partial charge in [-0.1, -0.05) is 30.3 Å². The Bertz CT molecular complexity index is 975. The van der Waals surface area contributed by atoms with E-state index in [4.69, 9.17) is 17.3 Å². The molecule has 0 bridgehead atoms. The van der Waals surface area contributed by atoms with Crippen LogP contribution < -0.4 is 10.6 Å². The highest BCUT2D eigenvalue weighted by molar-refractivity contribution is 7.17. The molecule has 28 heavy (non-hydrogen) atoms. The van der Waals surface area contributed by atoms with E-state index in [0.717, 1.165) is 35.0 Å². The maximum atomic E-state index is 6.49. The maximum absolute atomic E-state index is 6.49. The lowest BCUT2D eigenvalue weighted by Gasteiger charge is -2.43. The topological polar surface area (TPSA) is 55.0 Å². The molecular weight excluding hydrogens is 388 g/mol. The molecule has 2 fully saturated rings. The van der Waals surface area contributed by atoms with Crippen LogP contribution in [0.25, 0.3) is 21.3 Å². The van der Waals surface area contributed by atoms with Gasteiger partial charge in [0.05, 0.1) is 5.39 Å². The highest BCUT2D eigenvalue weighted by atomic mass is 35.5. The first kappa shape index (κ1) is 18.3. The molecule has 6 heteroatoms. The second kappa shape index (κ2) is 7.29. The van der Waals surface area contributed by atoms with Crippen molar-refractivity contribution < 1.29 is 0 Å². The fourth-order valence-corrected chi connectivity index (χ4v) is 5.87. The molecule has 0 radical (unpaired) electrons. The van der Waals surface area contributed by atoms with Crippen LogP contribution in [0.15, 0.2) is 35.7 Å². The van der Waals surface area contributed by atoms with Crippen LogP contribution in [0, 0.1) is 5.92 Å². The fourth-order valence-electron chi connectivity index (χ4n) is 4.72. The van der Waals surface area contributed by atoms with E-state index in [1.54, 1.807) is 11.3 Å². The number of nitrogens with two attached hydrogens (primary N) is 1. The number of piperidine rings is 1. The summed E-state index contributed by atoms with van der Waals surface area (Å²) < 4.78 is 0. The number of benzene rings is 1. The van der Waals surface area contributed by atoms with Crippen molar-refractivity contribution >= 4 is 39.0 Å². The number of fused-ring (bicyclic) bond motifs is 1. The molecule has 0 atom stereocenters. The Kier molecular flexibility index (Phi) is 4.77. The number of aromatic nitrogens is 2. The summed E-state index contributed by atoms with van der Waals surface area (Å²) in [6.45, 7) is 2.01. The summed E-state index contributed by atoms with van der Waals surface area (Å²) >= 11 is 7.92. The van der Waals surface area contributed by atoms with Crippen LogP contribution in [0.1, 0.15) is 38.5 Å². The van der Waals surface area contributed by atoms with Crippen LogP contribution in [-0.2, 0) is 0 Å². The highest BCUT2D eigenvalue weighted by Crippen LogP contribution is 2.41. The Morgan fingerprint density at radius 2 is 1.89 bits per heavy atom. The van der Waals surface area contributed by atoms with Crippen LogP contribution in [0.4, 0.5) is 5.82 Å². The van der Waals surface area contributed by atoms with Crippen LogP contribution in [0.5, 0.6) is 0 Å². The number of nitrogens with zero attached hydrogens (tertiary/aromatic N) is 3. The molecule has 3 heterocycles. The van der Waals surface area contributed by atoms with Gasteiger partial charge in [-0.3, -0.25) is 0 Å². The van der Waals surface area contributed by atoms with Crippen molar-refractivity contribution in [3.63, 3.8) is 0 Å². The molecule has 2 aliphatic rings. The largest absolute Gasteiger partial charge is 0.356 e. The summed E-state index contributed by atoms with van der Waals surface area (Å²) in [6, 6.07) is 10.5. The Labute approximate surface area is 174 Å². The summed E-state index contributed by atoms with van der Waals surface area (Å²) in [7, 11) is 0. The standard InChI is InChI=1S/C22H25ClN4S/c23-21-25-19(27-11-7-15(8-12-27)13-22(24)9-4-10-22)18-17(14-28-20(18)26-21)16-5-2-1-3-6-16/h1-3,5-6,14-15H,4,7-13,24H2. The Morgan fingerprint density at radius 1 is 1.14 bits per heavy atom.